The third kappa shape index (κ3) is 3.16. The molecule has 2 rings (SSSR count). The van der Waals surface area contributed by atoms with Gasteiger partial charge in [-0.2, -0.15) is 8.42 Å². The number of nitrogens with one attached hydrogen (secondary N) is 1. The number of rotatable bonds is 4. The number of halogens is 2. The minimum atomic E-state index is -4.61. The van der Waals surface area contributed by atoms with Gasteiger partial charge in [0, 0.05) is 18.6 Å². The molecule has 0 unspecified atom stereocenters. The van der Waals surface area contributed by atoms with Gasteiger partial charge >= 0.3 is 16.1 Å². The first-order valence-electron chi connectivity index (χ1n) is 6.19. The van der Waals surface area contributed by atoms with Crippen LogP contribution in [0.5, 0.6) is 5.75 Å². The summed E-state index contributed by atoms with van der Waals surface area (Å²) in [6.07, 6.45) is 0.886. The summed E-state index contributed by atoms with van der Waals surface area (Å²) in [5, 5.41) is 12.2. The van der Waals surface area contributed by atoms with E-state index in [1.807, 2.05) is 0 Å². The first-order chi connectivity index (χ1) is 10.2. The molecule has 1 aromatic rings. The molecule has 0 radical (unpaired) electrons. The molecule has 1 aliphatic heterocycles. The second-order valence-corrected chi connectivity index (χ2v) is 6.98. The third-order valence-electron chi connectivity index (χ3n) is 3.24. The maximum absolute atomic E-state index is 12.2. The number of hydrogen-bond donors (Lipinski definition) is 2. The van der Waals surface area contributed by atoms with E-state index in [1.54, 1.807) is 0 Å². The highest BCUT2D eigenvalue weighted by Crippen LogP contribution is 2.35. The predicted octanol–water partition coefficient (Wildman–Crippen LogP) is 1.66. The molecule has 1 saturated heterocycles. The van der Waals surface area contributed by atoms with Crippen molar-refractivity contribution in [1.29, 1.82) is 0 Å². The van der Waals surface area contributed by atoms with Crippen molar-refractivity contribution in [3.05, 3.63) is 22.2 Å². The Kier molecular flexibility index (Phi) is 4.88. The first-order valence-corrected chi connectivity index (χ1v) is 8.35. The normalized spacial score (nSPS) is 21.8. The van der Waals surface area contributed by atoms with E-state index in [0.717, 1.165) is 12.1 Å². The number of hydrogen-bond acceptors (Lipinski definition) is 7. The summed E-state index contributed by atoms with van der Waals surface area (Å²) >= 11 is 11.4. The van der Waals surface area contributed by atoms with Crippen molar-refractivity contribution in [2.24, 2.45) is 0 Å². The van der Waals surface area contributed by atoms with E-state index in [1.165, 1.54) is 7.11 Å². The summed E-state index contributed by atoms with van der Waals surface area (Å²) in [6, 6.07) is 2.10. The highest BCUT2D eigenvalue weighted by molar-refractivity contribution is 7.87. The Hall–Kier alpha value is -1.06. The van der Waals surface area contributed by atoms with Gasteiger partial charge in [0.2, 0.25) is 5.72 Å². The molecular weight excluding hydrogens is 357 g/mol. The van der Waals surface area contributed by atoms with Crippen molar-refractivity contribution in [1.82, 2.24) is 5.32 Å². The molecule has 1 aromatic carbocycles. The van der Waals surface area contributed by atoms with Gasteiger partial charge in [-0.3, -0.25) is 5.32 Å². The first kappa shape index (κ1) is 17.3. The Morgan fingerprint density at radius 3 is 2.64 bits per heavy atom. The quantitative estimate of drug-likeness (QED) is 0.777. The van der Waals surface area contributed by atoms with Gasteiger partial charge in [0.25, 0.3) is 0 Å². The van der Waals surface area contributed by atoms with Gasteiger partial charge in [-0.15, -0.1) is 0 Å². The minimum Gasteiger partial charge on any atom is -0.505 e. The Morgan fingerprint density at radius 2 is 2.09 bits per heavy atom. The van der Waals surface area contributed by atoms with Crippen molar-refractivity contribution in [3.63, 3.8) is 0 Å². The summed E-state index contributed by atoms with van der Waals surface area (Å²) in [7, 11) is -3.35. The molecule has 22 heavy (non-hydrogen) atoms. The lowest BCUT2D eigenvalue weighted by Crippen LogP contribution is -2.50. The summed E-state index contributed by atoms with van der Waals surface area (Å²) < 4.78 is 34.0. The average Bonchev–Trinajstić information content (AvgIpc) is 2.92. The van der Waals surface area contributed by atoms with Crippen LogP contribution in [0.4, 0.5) is 0 Å². The van der Waals surface area contributed by atoms with Crippen LogP contribution in [0, 0.1) is 0 Å². The molecule has 0 spiro atoms. The molecule has 7 nitrogen and oxygen atoms in total. The van der Waals surface area contributed by atoms with Gasteiger partial charge in [-0.05, 0) is 25.1 Å². The van der Waals surface area contributed by atoms with Crippen molar-refractivity contribution in [2.75, 3.05) is 13.7 Å². The molecule has 1 heterocycles. The van der Waals surface area contributed by atoms with E-state index in [4.69, 9.17) is 27.9 Å². The van der Waals surface area contributed by atoms with Crippen LogP contribution in [0.1, 0.15) is 12.8 Å². The molecule has 1 fully saturated rings. The number of benzene rings is 1. The fourth-order valence-corrected chi connectivity index (χ4v) is 3.75. The van der Waals surface area contributed by atoms with Gasteiger partial charge in [0.1, 0.15) is 0 Å². The largest absolute Gasteiger partial charge is 0.505 e. The van der Waals surface area contributed by atoms with Crippen LogP contribution in [-0.2, 0) is 23.8 Å². The summed E-state index contributed by atoms with van der Waals surface area (Å²) in [5.74, 6) is -1.87. The highest BCUT2D eigenvalue weighted by Gasteiger charge is 2.45. The lowest BCUT2D eigenvalue weighted by Gasteiger charge is -2.24. The average molecular weight is 370 g/mol. The zero-order valence-electron chi connectivity index (χ0n) is 11.4. The molecular formula is C12H13Cl2NO6S. The van der Waals surface area contributed by atoms with Gasteiger partial charge < -0.3 is 14.0 Å². The molecule has 0 bridgehead atoms. The fraction of sp³-hybridized carbons (Fsp3) is 0.417. The van der Waals surface area contributed by atoms with Crippen LogP contribution in [0.25, 0.3) is 0 Å². The van der Waals surface area contributed by atoms with E-state index in [9.17, 15) is 18.3 Å². The Labute approximate surface area is 137 Å². The standard InChI is InChI=1S/C12H13Cl2NO6S/c1-20-12(3-2-4-15-12)11(17)21-22(18,19)9-6-7(13)5-8(14)10(9)16/h5-6,15-16H,2-4H2,1H3/t12-/m1/s1. The molecule has 0 amide bonds. The van der Waals surface area contributed by atoms with Crippen molar-refractivity contribution >= 4 is 39.3 Å². The van der Waals surface area contributed by atoms with E-state index < -0.39 is 32.5 Å². The summed E-state index contributed by atoms with van der Waals surface area (Å²) in [5.41, 5.74) is -1.52. The van der Waals surface area contributed by atoms with Crippen LogP contribution in [0.2, 0.25) is 10.0 Å². The maximum Gasteiger partial charge on any atom is 0.369 e. The highest BCUT2D eigenvalue weighted by atomic mass is 35.5. The van der Waals surface area contributed by atoms with Crippen LogP contribution in [0.15, 0.2) is 17.0 Å². The summed E-state index contributed by atoms with van der Waals surface area (Å²) in [4.78, 5) is 11.4. The van der Waals surface area contributed by atoms with Gasteiger partial charge in [0.15, 0.2) is 10.6 Å². The maximum atomic E-state index is 12.2. The Bertz CT molecular complexity index is 700. The topological polar surface area (TPSA) is 102 Å². The Balaban J connectivity index is 2.34. The number of phenolic OH excluding ortho intramolecular Hbond substituents is 1. The van der Waals surface area contributed by atoms with Gasteiger partial charge in [0.05, 0.1) is 5.02 Å². The van der Waals surface area contributed by atoms with E-state index >= 15 is 0 Å². The lowest BCUT2D eigenvalue weighted by molar-refractivity contribution is -0.160. The minimum absolute atomic E-state index is 0.0297. The van der Waals surface area contributed by atoms with Crippen molar-refractivity contribution < 1.29 is 27.2 Å². The molecule has 0 aromatic heterocycles. The molecule has 10 heteroatoms. The van der Waals surface area contributed by atoms with Crippen LogP contribution >= 0.6 is 23.2 Å². The number of aromatic hydroxyl groups is 1. The predicted molar refractivity (Wildman–Crippen MR) is 78.4 cm³/mol. The second-order valence-electron chi connectivity index (χ2n) is 4.62. The number of phenols is 1. The summed E-state index contributed by atoms with van der Waals surface area (Å²) in [6.45, 7) is 0.483. The van der Waals surface area contributed by atoms with E-state index in [2.05, 4.69) is 9.50 Å². The lowest BCUT2D eigenvalue weighted by atomic mass is 10.2. The van der Waals surface area contributed by atoms with Crippen LogP contribution in [0.3, 0.4) is 0 Å². The van der Waals surface area contributed by atoms with E-state index in [-0.39, 0.29) is 16.5 Å². The second kappa shape index (κ2) is 6.21. The number of carbonyl (C=O) groups is 1. The third-order valence-corrected chi connectivity index (χ3v) is 4.97. The molecule has 1 atom stereocenters. The van der Waals surface area contributed by atoms with Crippen molar-refractivity contribution in [3.8, 4) is 5.75 Å². The number of ether oxygens (including phenoxy) is 1. The van der Waals surface area contributed by atoms with Crippen LogP contribution < -0.4 is 5.32 Å². The van der Waals surface area contributed by atoms with Crippen molar-refractivity contribution in [2.45, 2.75) is 23.5 Å². The fourth-order valence-electron chi connectivity index (χ4n) is 2.09. The zero-order chi connectivity index (χ0) is 16.5. The van der Waals surface area contributed by atoms with E-state index in [0.29, 0.717) is 13.0 Å². The van der Waals surface area contributed by atoms with Crippen LogP contribution in [-0.4, -0.2) is 38.9 Å². The van der Waals surface area contributed by atoms with Gasteiger partial charge in [-0.1, -0.05) is 23.2 Å². The van der Waals surface area contributed by atoms with Gasteiger partial charge in [-0.25, -0.2) is 4.79 Å². The molecule has 122 valence electrons. The molecule has 0 saturated carbocycles. The number of carbonyl (C=O) groups excluding carboxylic acids is 1. The smallest absolute Gasteiger partial charge is 0.369 e. The number of methoxy groups -OCH3 is 1. The SMILES string of the molecule is CO[C@@]1(C(=O)OS(=O)(=O)c2cc(Cl)cc(Cl)c2O)CCCN1. The molecule has 2 N–H and O–H groups in total. The zero-order valence-corrected chi connectivity index (χ0v) is 13.8. The molecule has 1 aliphatic rings. The monoisotopic (exact) mass is 369 g/mol. The Morgan fingerprint density at radius 1 is 1.41 bits per heavy atom. The molecule has 0 aliphatic carbocycles.